The van der Waals surface area contributed by atoms with Crippen LogP contribution in [0.15, 0.2) is 60.9 Å². The lowest BCUT2D eigenvalue weighted by atomic mass is 10.0. The first-order valence-corrected chi connectivity index (χ1v) is 23.5. The Morgan fingerprint density at radius 3 is 1.55 bits per heavy atom. The summed E-state index contributed by atoms with van der Waals surface area (Å²) in [4.78, 5) is 25.0. The Morgan fingerprint density at radius 1 is 0.582 bits per heavy atom. The lowest BCUT2D eigenvalue weighted by molar-refractivity contribution is -0.870. The third-order valence-electron chi connectivity index (χ3n) is 9.14. The number of hydrogen-bond acceptors (Lipinski definition) is 7. The van der Waals surface area contributed by atoms with E-state index in [1.165, 1.54) is 96.3 Å². The van der Waals surface area contributed by atoms with Crippen LogP contribution in [0.2, 0.25) is 0 Å². The summed E-state index contributed by atoms with van der Waals surface area (Å²) < 4.78 is 34.3. The number of carbonyl (C=O) groups is 1. The highest BCUT2D eigenvalue weighted by Crippen LogP contribution is 2.38. The number of carbonyl (C=O) groups excluding carboxylic acids is 1. The molecule has 0 aliphatic carbocycles. The van der Waals surface area contributed by atoms with Crippen LogP contribution in [0.1, 0.15) is 174 Å². The summed E-state index contributed by atoms with van der Waals surface area (Å²) in [6.45, 7) is 4.66. The topological polar surface area (TPSA) is 94.1 Å². The zero-order chi connectivity index (χ0) is 40.6. The monoisotopic (exact) mass is 794 g/mol. The van der Waals surface area contributed by atoms with Gasteiger partial charge in [-0.1, -0.05) is 152 Å². The van der Waals surface area contributed by atoms with E-state index in [9.17, 15) is 14.3 Å². The molecule has 0 N–H and O–H groups in total. The molecule has 320 valence electrons. The number of rotatable bonds is 40. The van der Waals surface area contributed by atoms with Crippen LogP contribution in [0, 0.1) is 0 Å². The second-order valence-corrected chi connectivity index (χ2v) is 17.2. The molecule has 0 aromatic heterocycles. The van der Waals surface area contributed by atoms with E-state index in [-0.39, 0.29) is 32.2 Å². The van der Waals surface area contributed by atoms with Crippen LogP contribution in [-0.2, 0) is 27.9 Å². The average Bonchev–Trinajstić information content (AvgIpc) is 3.13. The van der Waals surface area contributed by atoms with Crippen molar-refractivity contribution in [2.24, 2.45) is 0 Å². The molecule has 0 fully saturated rings. The molecule has 9 heteroatoms. The Kier molecular flexibility index (Phi) is 37.5. The first-order chi connectivity index (χ1) is 26.6. The summed E-state index contributed by atoms with van der Waals surface area (Å²) in [6.07, 6.45) is 48.9. The first kappa shape index (κ1) is 53.0. The molecule has 0 aromatic carbocycles. The van der Waals surface area contributed by atoms with E-state index in [4.69, 9.17) is 18.5 Å². The van der Waals surface area contributed by atoms with Crippen molar-refractivity contribution in [1.29, 1.82) is 0 Å². The van der Waals surface area contributed by atoms with Gasteiger partial charge in [0.15, 0.2) is 6.10 Å². The van der Waals surface area contributed by atoms with Crippen molar-refractivity contribution in [3.8, 4) is 0 Å². The third-order valence-corrected chi connectivity index (χ3v) is 10.1. The van der Waals surface area contributed by atoms with Crippen LogP contribution < -0.4 is 4.89 Å². The lowest BCUT2D eigenvalue weighted by Gasteiger charge is -2.28. The molecule has 0 aliphatic heterocycles. The maximum Gasteiger partial charge on any atom is 0.306 e. The van der Waals surface area contributed by atoms with Crippen LogP contribution in [0.25, 0.3) is 0 Å². The van der Waals surface area contributed by atoms with Crippen molar-refractivity contribution in [2.45, 2.75) is 180 Å². The zero-order valence-electron chi connectivity index (χ0n) is 36.1. The van der Waals surface area contributed by atoms with Crippen molar-refractivity contribution < 1.29 is 37.3 Å². The molecule has 0 aromatic rings. The van der Waals surface area contributed by atoms with Gasteiger partial charge in [-0.15, -0.1) is 0 Å². The second-order valence-electron chi connectivity index (χ2n) is 15.8. The molecule has 55 heavy (non-hydrogen) atoms. The molecule has 0 aliphatic rings. The van der Waals surface area contributed by atoms with Gasteiger partial charge in [0.25, 0.3) is 7.82 Å². The molecule has 0 amide bonds. The number of ether oxygens (including phenoxy) is 2. The standard InChI is InChI=1S/C46H84NO7P/c1-6-8-10-12-14-16-18-20-22-23-24-25-26-27-29-31-33-35-37-39-46(48)54-45(44-53-55(49,50)52-42-40-47(3,4)5)43-51-41-38-36-34-32-30-28-21-19-17-15-13-11-9-7-2/h14,16,20,22,24-25,27,29,38,41,45H,6-13,15,17-19,21,23,26,28,30-37,39-40,42-44H2,1-5H3/b16-14+,22-20+,25-24+,29-27+,41-38+/t45-/m1/s1. The Morgan fingerprint density at radius 2 is 1.02 bits per heavy atom. The van der Waals surface area contributed by atoms with Crippen molar-refractivity contribution in [3.63, 3.8) is 0 Å². The van der Waals surface area contributed by atoms with E-state index < -0.39 is 13.9 Å². The molecule has 0 bridgehead atoms. The number of quaternary nitrogens is 1. The van der Waals surface area contributed by atoms with Crippen LogP contribution in [0.5, 0.6) is 0 Å². The molecule has 8 nitrogen and oxygen atoms in total. The van der Waals surface area contributed by atoms with Gasteiger partial charge in [0.2, 0.25) is 0 Å². The number of likely N-dealkylation sites (N-methyl/N-ethyl adjacent to an activating group) is 1. The normalized spacial score (nSPS) is 14.3. The maximum atomic E-state index is 12.7. The van der Waals surface area contributed by atoms with Crippen molar-refractivity contribution >= 4 is 13.8 Å². The van der Waals surface area contributed by atoms with E-state index in [1.807, 2.05) is 27.2 Å². The highest BCUT2D eigenvalue weighted by atomic mass is 31.2. The number of unbranched alkanes of at least 4 members (excludes halogenated alkanes) is 18. The summed E-state index contributed by atoms with van der Waals surface area (Å²) in [5.74, 6) is -0.387. The van der Waals surface area contributed by atoms with Crippen LogP contribution in [-0.4, -0.2) is 64.1 Å². The molecule has 0 radical (unpaired) electrons. The largest absolute Gasteiger partial charge is 0.756 e. The van der Waals surface area contributed by atoms with Gasteiger partial charge in [-0.25, -0.2) is 0 Å². The fraction of sp³-hybridized carbons (Fsp3) is 0.761. The smallest absolute Gasteiger partial charge is 0.306 e. The van der Waals surface area contributed by atoms with Crippen LogP contribution in [0.4, 0.5) is 0 Å². The predicted octanol–water partition coefficient (Wildman–Crippen LogP) is 12.7. The predicted molar refractivity (Wildman–Crippen MR) is 231 cm³/mol. The van der Waals surface area contributed by atoms with E-state index >= 15 is 0 Å². The molecule has 0 saturated carbocycles. The quantitative estimate of drug-likeness (QED) is 0.0152. The summed E-state index contributed by atoms with van der Waals surface area (Å²) in [5, 5.41) is 0. The summed E-state index contributed by atoms with van der Waals surface area (Å²) in [7, 11) is 1.30. The molecule has 0 saturated heterocycles. The second kappa shape index (κ2) is 38.9. The van der Waals surface area contributed by atoms with Gasteiger partial charge in [0, 0.05) is 6.42 Å². The number of esters is 1. The number of hydrogen-bond donors (Lipinski definition) is 0. The molecule has 0 rings (SSSR count). The van der Waals surface area contributed by atoms with Crippen molar-refractivity contribution in [2.75, 3.05) is 47.5 Å². The SMILES string of the molecule is CCCCC/C=C/C/C=C/C/C=C/C/C=C/CCCCCC(=O)O[C@H](CO/C=C/CCCCCCCCCCCCCC)COP(=O)([O-])OCC[N+](C)(C)C. The zero-order valence-corrected chi connectivity index (χ0v) is 37.0. The summed E-state index contributed by atoms with van der Waals surface area (Å²) in [5.41, 5.74) is 0. The number of phosphoric acid groups is 1. The first-order valence-electron chi connectivity index (χ1n) is 22.1. The lowest BCUT2D eigenvalue weighted by Crippen LogP contribution is -2.37. The maximum absolute atomic E-state index is 12.7. The van der Waals surface area contributed by atoms with Crippen molar-refractivity contribution in [1.82, 2.24) is 0 Å². The minimum Gasteiger partial charge on any atom is -0.756 e. The van der Waals surface area contributed by atoms with Gasteiger partial charge in [0.05, 0.1) is 34.0 Å². The molecular formula is C46H84NO7P. The highest BCUT2D eigenvalue weighted by Gasteiger charge is 2.20. The Labute approximate surface area is 339 Å². The molecule has 0 heterocycles. The van der Waals surface area contributed by atoms with Gasteiger partial charge in [-0.2, -0.15) is 0 Å². The molecular weight excluding hydrogens is 709 g/mol. The Bertz CT molecular complexity index is 1060. The fourth-order valence-corrected chi connectivity index (χ4v) is 6.40. The Hall–Kier alpha value is -1.96. The molecule has 2 atom stereocenters. The minimum atomic E-state index is -4.55. The van der Waals surface area contributed by atoms with E-state index in [0.29, 0.717) is 17.4 Å². The van der Waals surface area contributed by atoms with Crippen molar-refractivity contribution in [3.05, 3.63) is 60.9 Å². The van der Waals surface area contributed by atoms with E-state index in [2.05, 4.69) is 62.5 Å². The number of nitrogens with zero attached hydrogens (tertiary/aromatic N) is 1. The fourth-order valence-electron chi connectivity index (χ4n) is 5.67. The number of allylic oxidation sites excluding steroid dienone is 9. The minimum absolute atomic E-state index is 0.00559. The number of phosphoric ester groups is 1. The van der Waals surface area contributed by atoms with Crippen LogP contribution >= 0.6 is 7.82 Å². The van der Waals surface area contributed by atoms with E-state index in [0.717, 1.165) is 51.4 Å². The van der Waals surface area contributed by atoms with Gasteiger partial charge in [-0.3, -0.25) is 9.36 Å². The van der Waals surface area contributed by atoms with E-state index in [1.54, 1.807) is 6.26 Å². The van der Waals surface area contributed by atoms with Gasteiger partial charge >= 0.3 is 5.97 Å². The molecule has 0 spiro atoms. The average molecular weight is 794 g/mol. The van der Waals surface area contributed by atoms with Crippen LogP contribution in [0.3, 0.4) is 0 Å². The third kappa shape index (κ3) is 43.0. The summed E-state index contributed by atoms with van der Waals surface area (Å²) in [6, 6.07) is 0. The van der Waals surface area contributed by atoms with Gasteiger partial charge in [-0.05, 0) is 70.3 Å². The van der Waals surface area contributed by atoms with Gasteiger partial charge < -0.3 is 27.9 Å². The molecule has 1 unspecified atom stereocenters. The van der Waals surface area contributed by atoms with Gasteiger partial charge in [0.1, 0.15) is 19.8 Å². The highest BCUT2D eigenvalue weighted by molar-refractivity contribution is 7.45. The summed E-state index contributed by atoms with van der Waals surface area (Å²) >= 11 is 0. The Balaban J connectivity index is 4.37.